The third-order valence-corrected chi connectivity index (χ3v) is 4.70. The van der Waals surface area contributed by atoms with E-state index in [2.05, 4.69) is 10.5 Å². The summed E-state index contributed by atoms with van der Waals surface area (Å²) in [7, 11) is 0. The van der Waals surface area contributed by atoms with Gasteiger partial charge in [0.2, 0.25) is 5.91 Å². The highest BCUT2D eigenvalue weighted by atomic mass is 32.2. The van der Waals surface area contributed by atoms with Gasteiger partial charge in [0.25, 0.3) is 0 Å². The predicted octanol–water partition coefficient (Wildman–Crippen LogP) is 1.94. The van der Waals surface area contributed by atoms with Crippen LogP contribution in [0.5, 0.6) is 0 Å². The number of aliphatic hydroxyl groups is 1. The molecule has 2 unspecified atom stereocenters. The Balaban J connectivity index is 1.72. The van der Waals surface area contributed by atoms with Crippen molar-refractivity contribution in [2.45, 2.75) is 57.4 Å². The lowest BCUT2D eigenvalue weighted by atomic mass is 9.93. The van der Waals surface area contributed by atoms with E-state index in [1.165, 1.54) is 0 Å². The van der Waals surface area contributed by atoms with Gasteiger partial charge < -0.3 is 14.9 Å². The quantitative estimate of drug-likeness (QED) is 0.869. The molecule has 20 heavy (non-hydrogen) atoms. The molecule has 1 saturated carbocycles. The van der Waals surface area contributed by atoms with Crippen molar-refractivity contribution >= 4 is 17.7 Å². The van der Waals surface area contributed by atoms with Crippen molar-refractivity contribution in [1.29, 1.82) is 0 Å². The number of hydrogen-bond acceptors (Lipinski definition) is 5. The molecule has 112 valence electrons. The molecule has 2 atom stereocenters. The van der Waals surface area contributed by atoms with Crippen LogP contribution in [-0.2, 0) is 10.5 Å². The van der Waals surface area contributed by atoms with E-state index in [4.69, 9.17) is 4.52 Å². The topological polar surface area (TPSA) is 75.4 Å². The minimum atomic E-state index is -0.389. The molecular formula is C14H22N2O3S. The molecule has 0 bridgehead atoms. The molecule has 0 radical (unpaired) electrons. The van der Waals surface area contributed by atoms with Crippen LogP contribution in [0.3, 0.4) is 0 Å². The van der Waals surface area contributed by atoms with Gasteiger partial charge in [0.05, 0.1) is 23.6 Å². The van der Waals surface area contributed by atoms with Crippen LogP contribution in [0.25, 0.3) is 0 Å². The SMILES string of the molecule is Cc1noc(C)c1CSCC(=O)NC1CCCCC1O. The fourth-order valence-electron chi connectivity index (χ4n) is 2.48. The van der Waals surface area contributed by atoms with E-state index in [1.54, 1.807) is 11.8 Å². The van der Waals surface area contributed by atoms with E-state index < -0.39 is 0 Å². The number of carbonyl (C=O) groups excluding carboxylic acids is 1. The molecule has 5 nitrogen and oxygen atoms in total. The highest BCUT2D eigenvalue weighted by Gasteiger charge is 2.24. The lowest BCUT2D eigenvalue weighted by Crippen LogP contribution is -2.45. The summed E-state index contributed by atoms with van der Waals surface area (Å²) in [6, 6.07) is -0.0732. The minimum absolute atomic E-state index is 0.00675. The van der Waals surface area contributed by atoms with Crippen molar-refractivity contribution in [2.75, 3.05) is 5.75 Å². The Kier molecular flexibility index (Phi) is 5.48. The van der Waals surface area contributed by atoms with Crippen molar-refractivity contribution in [1.82, 2.24) is 10.5 Å². The largest absolute Gasteiger partial charge is 0.391 e. The van der Waals surface area contributed by atoms with Crippen molar-refractivity contribution in [3.05, 3.63) is 17.0 Å². The average molecular weight is 298 g/mol. The van der Waals surface area contributed by atoms with E-state index in [9.17, 15) is 9.90 Å². The van der Waals surface area contributed by atoms with Gasteiger partial charge in [-0.3, -0.25) is 4.79 Å². The molecule has 0 saturated heterocycles. The maximum Gasteiger partial charge on any atom is 0.230 e. The number of amides is 1. The molecule has 1 aliphatic carbocycles. The Bertz CT molecular complexity index is 442. The molecule has 1 aliphatic rings. The van der Waals surface area contributed by atoms with Crippen LogP contribution in [0.4, 0.5) is 0 Å². The third kappa shape index (κ3) is 3.99. The van der Waals surface area contributed by atoms with Gasteiger partial charge in [0, 0.05) is 11.3 Å². The van der Waals surface area contributed by atoms with E-state index in [-0.39, 0.29) is 18.1 Å². The van der Waals surface area contributed by atoms with E-state index >= 15 is 0 Å². The van der Waals surface area contributed by atoms with E-state index in [1.807, 2.05) is 13.8 Å². The number of aryl methyl sites for hydroxylation is 2. The molecule has 2 rings (SSSR count). The summed E-state index contributed by atoms with van der Waals surface area (Å²) in [6.07, 6.45) is 3.40. The normalized spacial score (nSPS) is 22.8. The van der Waals surface area contributed by atoms with Crippen LogP contribution in [-0.4, -0.2) is 34.1 Å². The summed E-state index contributed by atoms with van der Waals surface area (Å²) in [4.78, 5) is 11.9. The molecule has 1 aromatic heterocycles. The molecule has 6 heteroatoms. The molecule has 1 amide bonds. The summed E-state index contributed by atoms with van der Waals surface area (Å²) in [5, 5.41) is 16.6. The summed E-state index contributed by atoms with van der Waals surface area (Å²) in [5.74, 6) is 1.93. The van der Waals surface area contributed by atoms with Gasteiger partial charge in [-0.2, -0.15) is 0 Å². The number of nitrogens with one attached hydrogen (secondary N) is 1. The summed E-state index contributed by atoms with van der Waals surface area (Å²) in [5.41, 5.74) is 1.96. The lowest BCUT2D eigenvalue weighted by Gasteiger charge is -2.28. The van der Waals surface area contributed by atoms with Gasteiger partial charge in [-0.05, 0) is 26.7 Å². The average Bonchev–Trinajstić information content (AvgIpc) is 2.73. The van der Waals surface area contributed by atoms with Gasteiger partial charge in [0.1, 0.15) is 5.76 Å². The number of nitrogens with zero attached hydrogens (tertiary/aromatic N) is 1. The Hall–Kier alpha value is -1.01. The Morgan fingerprint density at radius 2 is 2.20 bits per heavy atom. The van der Waals surface area contributed by atoms with Crippen LogP contribution >= 0.6 is 11.8 Å². The zero-order chi connectivity index (χ0) is 14.5. The number of aliphatic hydroxyl groups excluding tert-OH is 1. The first-order valence-corrected chi connectivity index (χ1v) is 8.20. The monoisotopic (exact) mass is 298 g/mol. The summed E-state index contributed by atoms with van der Waals surface area (Å²) in [6.45, 7) is 3.79. The molecule has 0 spiro atoms. The highest BCUT2D eigenvalue weighted by Crippen LogP contribution is 2.20. The molecule has 1 heterocycles. The van der Waals surface area contributed by atoms with Crippen LogP contribution in [0, 0.1) is 13.8 Å². The number of aromatic nitrogens is 1. The van der Waals surface area contributed by atoms with Crippen LogP contribution in [0.1, 0.15) is 42.7 Å². The summed E-state index contributed by atoms with van der Waals surface area (Å²) < 4.78 is 5.09. The second-order valence-corrected chi connectivity index (χ2v) is 6.31. The number of rotatable bonds is 5. The van der Waals surface area contributed by atoms with Gasteiger partial charge >= 0.3 is 0 Å². The second-order valence-electron chi connectivity index (χ2n) is 5.32. The number of carbonyl (C=O) groups is 1. The van der Waals surface area contributed by atoms with Gasteiger partial charge in [-0.25, -0.2) is 0 Å². The van der Waals surface area contributed by atoms with Gasteiger partial charge in [0.15, 0.2) is 0 Å². The molecule has 0 aliphatic heterocycles. The maximum absolute atomic E-state index is 11.9. The van der Waals surface area contributed by atoms with E-state index in [0.29, 0.717) is 5.75 Å². The maximum atomic E-state index is 11.9. The zero-order valence-corrected chi connectivity index (χ0v) is 12.8. The Morgan fingerprint density at radius 1 is 1.45 bits per heavy atom. The van der Waals surface area contributed by atoms with Gasteiger partial charge in [-0.1, -0.05) is 18.0 Å². The smallest absolute Gasteiger partial charge is 0.230 e. The molecule has 1 fully saturated rings. The van der Waals surface area contributed by atoms with Crippen molar-refractivity contribution in [2.24, 2.45) is 0 Å². The van der Waals surface area contributed by atoms with Crippen molar-refractivity contribution in [3.8, 4) is 0 Å². The molecule has 0 aromatic carbocycles. The first-order valence-electron chi connectivity index (χ1n) is 7.05. The Labute approximate surface area is 123 Å². The molecular weight excluding hydrogens is 276 g/mol. The second kappa shape index (κ2) is 7.13. The third-order valence-electron chi connectivity index (χ3n) is 3.74. The first kappa shape index (κ1) is 15.4. The van der Waals surface area contributed by atoms with Crippen molar-refractivity contribution in [3.63, 3.8) is 0 Å². The Morgan fingerprint density at radius 3 is 2.85 bits per heavy atom. The van der Waals surface area contributed by atoms with Crippen LogP contribution in [0.15, 0.2) is 4.52 Å². The van der Waals surface area contributed by atoms with E-state index in [0.717, 1.165) is 48.5 Å². The fraction of sp³-hybridized carbons (Fsp3) is 0.714. The first-order chi connectivity index (χ1) is 9.58. The molecule has 2 N–H and O–H groups in total. The highest BCUT2D eigenvalue weighted by molar-refractivity contribution is 7.99. The molecule has 1 aromatic rings. The number of thioether (sulfide) groups is 1. The predicted molar refractivity (Wildman–Crippen MR) is 78.5 cm³/mol. The summed E-state index contributed by atoms with van der Waals surface area (Å²) >= 11 is 1.54. The zero-order valence-electron chi connectivity index (χ0n) is 12.0. The minimum Gasteiger partial charge on any atom is -0.391 e. The lowest BCUT2D eigenvalue weighted by molar-refractivity contribution is -0.120. The number of hydrogen-bond donors (Lipinski definition) is 2. The van der Waals surface area contributed by atoms with Crippen molar-refractivity contribution < 1.29 is 14.4 Å². The fourth-order valence-corrected chi connectivity index (χ4v) is 3.47. The van der Waals surface area contributed by atoms with Crippen LogP contribution < -0.4 is 5.32 Å². The van der Waals surface area contributed by atoms with Gasteiger partial charge in [-0.15, -0.1) is 11.8 Å². The standard InChI is InChI=1S/C14H22N2O3S/c1-9-11(10(2)19-16-9)7-20-8-14(18)15-12-5-3-4-6-13(12)17/h12-13,17H,3-8H2,1-2H3,(H,15,18). The van der Waals surface area contributed by atoms with Crippen LogP contribution in [0.2, 0.25) is 0 Å².